The third-order valence-corrected chi connectivity index (χ3v) is 4.92. The van der Waals surface area contributed by atoms with E-state index in [4.69, 9.17) is 10.00 Å². The highest BCUT2D eigenvalue weighted by molar-refractivity contribution is 9.09. The molecule has 1 aliphatic carbocycles. The van der Waals surface area contributed by atoms with Gasteiger partial charge in [0.2, 0.25) is 0 Å². The molecule has 0 amide bonds. The van der Waals surface area contributed by atoms with Crippen molar-refractivity contribution < 1.29 is 4.74 Å². The summed E-state index contributed by atoms with van der Waals surface area (Å²) in [4.78, 5) is 0. The number of rotatable bonds is 4. The summed E-state index contributed by atoms with van der Waals surface area (Å²) in [6.07, 6.45) is 6.46. The molecule has 1 aliphatic rings. The molecule has 0 heterocycles. The van der Waals surface area contributed by atoms with Crippen molar-refractivity contribution in [3.8, 4) is 11.8 Å². The first kappa shape index (κ1) is 13.4. The Balaban J connectivity index is 1.94. The molecule has 1 aromatic rings. The minimum absolute atomic E-state index is 0.298. The minimum Gasteiger partial charge on any atom is -0.493 e. The van der Waals surface area contributed by atoms with Crippen molar-refractivity contribution in [2.75, 3.05) is 11.9 Å². The Bertz CT molecular complexity index is 415. The third kappa shape index (κ3) is 3.26. The molecule has 0 unspecified atom stereocenters. The van der Waals surface area contributed by atoms with Crippen LogP contribution in [0, 0.1) is 16.7 Å². The zero-order valence-electron chi connectivity index (χ0n) is 10.5. The van der Waals surface area contributed by atoms with E-state index < -0.39 is 0 Å². The maximum atomic E-state index is 8.74. The maximum Gasteiger partial charge on any atom is 0.119 e. The van der Waals surface area contributed by atoms with Gasteiger partial charge >= 0.3 is 0 Å². The fraction of sp³-hybridized carbons (Fsp3) is 0.533. The Kier molecular flexibility index (Phi) is 4.66. The summed E-state index contributed by atoms with van der Waals surface area (Å²) in [5.41, 5.74) is 0.974. The highest BCUT2D eigenvalue weighted by Crippen LogP contribution is 2.38. The van der Waals surface area contributed by atoms with Crippen molar-refractivity contribution in [1.82, 2.24) is 0 Å². The second-order valence-electron chi connectivity index (χ2n) is 5.12. The number of nitrogens with zero attached hydrogens (tertiary/aromatic N) is 1. The topological polar surface area (TPSA) is 33.0 Å². The van der Waals surface area contributed by atoms with Gasteiger partial charge in [0.05, 0.1) is 18.2 Å². The minimum atomic E-state index is 0.298. The van der Waals surface area contributed by atoms with E-state index in [-0.39, 0.29) is 0 Å². The fourth-order valence-electron chi connectivity index (χ4n) is 2.48. The molecule has 0 aliphatic heterocycles. The molecule has 0 bridgehead atoms. The van der Waals surface area contributed by atoms with Gasteiger partial charge in [0.25, 0.3) is 0 Å². The van der Waals surface area contributed by atoms with Crippen LogP contribution in [0.3, 0.4) is 0 Å². The maximum absolute atomic E-state index is 8.74. The van der Waals surface area contributed by atoms with Crippen LogP contribution >= 0.6 is 15.9 Å². The number of nitriles is 1. The summed E-state index contributed by atoms with van der Waals surface area (Å²) < 4.78 is 5.90. The SMILES string of the molecule is N#Cc1ccc(OCC2(CBr)CCCCC2)cc1. The lowest BCUT2D eigenvalue weighted by Gasteiger charge is -2.35. The average molecular weight is 308 g/mol. The lowest BCUT2D eigenvalue weighted by atomic mass is 9.76. The summed E-state index contributed by atoms with van der Waals surface area (Å²) >= 11 is 3.64. The van der Waals surface area contributed by atoms with Crippen molar-refractivity contribution in [3.05, 3.63) is 29.8 Å². The quantitative estimate of drug-likeness (QED) is 0.778. The number of benzene rings is 1. The first-order valence-electron chi connectivity index (χ1n) is 6.47. The number of hydrogen-bond acceptors (Lipinski definition) is 2. The van der Waals surface area contributed by atoms with Gasteiger partial charge in [-0.05, 0) is 37.1 Å². The van der Waals surface area contributed by atoms with E-state index in [1.807, 2.05) is 12.1 Å². The lowest BCUT2D eigenvalue weighted by molar-refractivity contribution is 0.122. The first-order valence-corrected chi connectivity index (χ1v) is 7.59. The smallest absolute Gasteiger partial charge is 0.119 e. The van der Waals surface area contributed by atoms with E-state index in [2.05, 4.69) is 22.0 Å². The highest BCUT2D eigenvalue weighted by Gasteiger charge is 2.31. The molecule has 96 valence electrons. The Morgan fingerprint density at radius 3 is 2.39 bits per heavy atom. The number of alkyl halides is 1. The van der Waals surface area contributed by atoms with E-state index >= 15 is 0 Å². The van der Waals surface area contributed by atoms with Crippen LogP contribution in [0.15, 0.2) is 24.3 Å². The Labute approximate surface area is 117 Å². The van der Waals surface area contributed by atoms with Gasteiger partial charge in [-0.15, -0.1) is 0 Å². The number of hydrogen-bond donors (Lipinski definition) is 0. The predicted octanol–water partition coefficient (Wildman–Crippen LogP) is 4.28. The zero-order valence-corrected chi connectivity index (χ0v) is 12.1. The molecule has 0 N–H and O–H groups in total. The van der Waals surface area contributed by atoms with Crippen LogP contribution in [0.4, 0.5) is 0 Å². The summed E-state index contributed by atoms with van der Waals surface area (Å²) in [5, 5.41) is 9.75. The summed E-state index contributed by atoms with van der Waals surface area (Å²) in [6, 6.07) is 9.48. The van der Waals surface area contributed by atoms with Gasteiger partial charge < -0.3 is 4.74 Å². The summed E-state index contributed by atoms with van der Waals surface area (Å²) in [6.45, 7) is 0.768. The zero-order chi connectivity index (χ0) is 12.8. The Morgan fingerprint density at radius 1 is 1.17 bits per heavy atom. The van der Waals surface area contributed by atoms with E-state index in [9.17, 15) is 0 Å². The van der Waals surface area contributed by atoms with Gasteiger partial charge in [-0.2, -0.15) is 5.26 Å². The monoisotopic (exact) mass is 307 g/mol. The summed E-state index contributed by atoms with van der Waals surface area (Å²) in [7, 11) is 0. The number of halogens is 1. The molecule has 0 saturated heterocycles. The van der Waals surface area contributed by atoms with Gasteiger partial charge in [-0.3, -0.25) is 0 Å². The van der Waals surface area contributed by atoms with Crippen LogP contribution in [0.5, 0.6) is 5.75 Å². The van der Waals surface area contributed by atoms with Crippen molar-refractivity contribution in [1.29, 1.82) is 5.26 Å². The van der Waals surface area contributed by atoms with Crippen LogP contribution in [0.1, 0.15) is 37.7 Å². The molecule has 3 heteroatoms. The molecule has 1 aromatic carbocycles. The molecule has 18 heavy (non-hydrogen) atoms. The van der Waals surface area contributed by atoms with Gasteiger partial charge in [0.1, 0.15) is 5.75 Å². The second-order valence-corrected chi connectivity index (χ2v) is 5.68. The van der Waals surface area contributed by atoms with E-state index in [0.29, 0.717) is 11.0 Å². The van der Waals surface area contributed by atoms with Crippen LogP contribution in [0.2, 0.25) is 0 Å². The van der Waals surface area contributed by atoms with E-state index in [1.54, 1.807) is 12.1 Å². The van der Waals surface area contributed by atoms with Crippen molar-refractivity contribution in [2.24, 2.45) is 5.41 Å². The molecule has 1 fully saturated rings. The van der Waals surface area contributed by atoms with Crippen molar-refractivity contribution in [2.45, 2.75) is 32.1 Å². The molecule has 2 nitrogen and oxygen atoms in total. The third-order valence-electron chi connectivity index (χ3n) is 3.73. The van der Waals surface area contributed by atoms with Gasteiger partial charge in [-0.1, -0.05) is 35.2 Å². The van der Waals surface area contributed by atoms with Crippen molar-refractivity contribution >= 4 is 15.9 Å². The largest absolute Gasteiger partial charge is 0.493 e. The van der Waals surface area contributed by atoms with Gasteiger partial charge in [0, 0.05) is 10.7 Å². The molecule has 0 atom stereocenters. The van der Waals surface area contributed by atoms with Gasteiger partial charge in [-0.25, -0.2) is 0 Å². The molecule has 0 spiro atoms. The van der Waals surface area contributed by atoms with E-state index in [0.717, 1.165) is 17.7 Å². The molecule has 1 saturated carbocycles. The predicted molar refractivity (Wildman–Crippen MR) is 76.0 cm³/mol. The van der Waals surface area contributed by atoms with Crippen molar-refractivity contribution in [3.63, 3.8) is 0 Å². The Morgan fingerprint density at radius 2 is 1.83 bits per heavy atom. The lowest BCUT2D eigenvalue weighted by Crippen LogP contribution is -2.32. The van der Waals surface area contributed by atoms with E-state index in [1.165, 1.54) is 32.1 Å². The Hall–Kier alpha value is -1.01. The molecule has 2 rings (SSSR count). The van der Waals surface area contributed by atoms with Crippen LogP contribution in [-0.4, -0.2) is 11.9 Å². The number of ether oxygens (including phenoxy) is 1. The normalized spacial score (nSPS) is 18.0. The summed E-state index contributed by atoms with van der Waals surface area (Å²) in [5.74, 6) is 0.861. The van der Waals surface area contributed by atoms with Crippen LogP contribution in [0.25, 0.3) is 0 Å². The highest BCUT2D eigenvalue weighted by atomic mass is 79.9. The first-order chi connectivity index (χ1) is 8.78. The standard InChI is InChI=1S/C15H18BrNO/c16-11-15(8-2-1-3-9-15)12-18-14-6-4-13(10-17)5-7-14/h4-7H,1-3,8-9,11-12H2. The molecule has 0 aromatic heterocycles. The van der Waals surface area contributed by atoms with Crippen LogP contribution < -0.4 is 4.74 Å². The fourth-order valence-corrected chi connectivity index (χ4v) is 3.20. The average Bonchev–Trinajstić information content (AvgIpc) is 2.47. The van der Waals surface area contributed by atoms with Gasteiger partial charge in [0.15, 0.2) is 0 Å². The molecular weight excluding hydrogens is 290 g/mol. The van der Waals surface area contributed by atoms with Crippen LogP contribution in [-0.2, 0) is 0 Å². The molecule has 0 radical (unpaired) electrons. The second kappa shape index (κ2) is 6.24. The molecular formula is C15H18BrNO.